The Morgan fingerprint density at radius 2 is 1.76 bits per heavy atom. The quantitative estimate of drug-likeness (QED) is 0.360. The number of sulfonamides is 1. The molecule has 0 spiro atoms. The van der Waals surface area contributed by atoms with E-state index < -0.39 is 10.0 Å². The second-order valence-corrected chi connectivity index (χ2v) is 10.9. The third-order valence-corrected chi connectivity index (χ3v) is 8.46. The SMILES string of the molecule is CN(Cc1ncc[nH]1)C1CCN(S(=O)(=O)c2ccc(Nc3nccc(-c4ccc(F)cc4)n3)cc2)CC1. The number of hydrogen-bond acceptors (Lipinski definition) is 7. The summed E-state index contributed by atoms with van der Waals surface area (Å²) in [6, 6.07) is 14.7. The lowest BCUT2D eigenvalue weighted by Gasteiger charge is -2.35. The zero-order valence-corrected chi connectivity index (χ0v) is 21.2. The van der Waals surface area contributed by atoms with Crippen LogP contribution in [-0.2, 0) is 16.6 Å². The smallest absolute Gasteiger partial charge is 0.243 e. The Morgan fingerprint density at radius 3 is 2.43 bits per heavy atom. The third-order valence-electron chi connectivity index (χ3n) is 6.54. The van der Waals surface area contributed by atoms with Crippen molar-refractivity contribution in [3.05, 3.63) is 84.8 Å². The highest BCUT2D eigenvalue weighted by molar-refractivity contribution is 7.89. The van der Waals surface area contributed by atoms with Gasteiger partial charge in [-0.05, 0) is 74.5 Å². The fraction of sp³-hybridized carbons (Fsp3) is 0.269. The van der Waals surface area contributed by atoms with Crippen LogP contribution in [0.3, 0.4) is 0 Å². The minimum atomic E-state index is -3.59. The second kappa shape index (κ2) is 10.8. The molecule has 192 valence electrons. The molecule has 0 radical (unpaired) electrons. The first-order valence-electron chi connectivity index (χ1n) is 12.0. The van der Waals surface area contributed by atoms with Gasteiger partial charge in [0.2, 0.25) is 16.0 Å². The molecule has 0 saturated carbocycles. The van der Waals surface area contributed by atoms with Gasteiger partial charge in [-0.2, -0.15) is 4.31 Å². The van der Waals surface area contributed by atoms with Crippen LogP contribution in [0.4, 0.5) is 16.0 Å². The first-order valence-corrected chi connectivity index (χ1v) is 13.5. The minimum Gasteiger partial charge on any atom is -0.348 e. The maximum Gasteiger partial charge on any atom is 0.243 e. The summed E-state index contributed by atoms with van der Waals surface area (Å²) in [5.41, 5.74) is 2.08. The van der Waals surface area contributed by atoms with Crippen molar-refractivity contribution in [1.29, 1.82) is 0 Å². The van der Waals surface area contributed by atoms with E-state index in [1.807, 2.05) is 7.05 Å². The highest BCUT2D eigenvalue weighted by atomic mass is 32.2. The standard InChI is InChI=1S/C26H28FN7O2S/c1-33(18-25-28-14-15-29-25)22-11-16-34(17-12-22)37(35,36)23-8-6-21(7-9-23)31-26-30-13-10-24(32-26)19-2-4-20(27)5-3-19/h2-10,13-15,22H,11-12,16-18H2,1H3,(H,28,29)(H,30,31,32). The molecule has 1 aliphatic rings. The number of aromatic amines is 1. The molecule has 1 aliphatic heterocycles. The number of anilines is 2. The Bertz CT molecular complexity index is 1420. The van der Waals surface area contributed by atoms with Crippen molar-refractivity contribution in [3.63, 3.8) is 0 Å². The fourth-order valence-corrected chi connectivity index (χ4v) is 5.93. The van der Waals surface area contributed by atoms with Crippen LogP contribution >= 0.6 is 0 Å². The molecule has 1 fully saturated rings. The molecular weight excluding hydrogens is 493 g/mol. The summed E-state index contributed by atoms with van der Waals surface area (Å²) in [6.07, 6.45) is 6.67. The number of aromatic nitrogens is 4. The van der Waals surface area contributed by atoms with E-state index in [4.69, 9.17) is 0 Å². The van der Waals surface area contributed by atoms with Gasteiger partial charge in [-0.25, -0.2) is 27.8 Å². The molecule has 37 heavy (non-hydrogen) atoms. The zero-order valence-electron chi connectivity index (χ0n) is 20.4. The van der Waals surface area contributed by atoms with E-state index in [0.717, 1.165) is 24.2 Å². The molecule has 1 saturated heterocycles. The molecule has 0 atom stereocenters. The second-order valence-electron chi connectivity index (χ2n) is 9.01. The molecule has 11 heteroatoms. The predicted molar refractivity (Wildman–Crippen MR) is 139 cm³/mol. The van der Waals surface area contributed by atoms with Crippen LogP contribution in [-0.4, -0.2) is 63.7 Å². The largest absolute Gasteiger partial charge is 0.348 e. The molecule has 2 N–H and O–H groups in total. The number of halogens is 1. The average molecular weight is 522 g/mol. The van der Waals surface area contributed by atoms with Crippen molar-refractivity contribution < 1.29 is 12.8 Å². The summed E-state index contributed by atoms with van der Waals surface area (Å²) >= 11 is 0. The van der Waals surface area contributed by atoms with Gasteiger partial charge < -0.3 is 10.3 Å². The molecule has 2 aromatic carbocycles. The first kappa shape index (κ1) is 25.0. The van der Waals surface area contributed by atoms with Crippen LogP contribution in [0.1, 0.15) is 18.7 Å². The summed E-state index contributed by atoms with van der Waals surface area (Å²) in [7, 11) is -1.55. The number of nitrogens with one attached hydrogen (secondary N) is 2. The Balaban J connectivity index is 1.20. The van der Waals surface area contributed by atoms with Crippen LogP contribution in [0.5, 0.6) is 0 Å². The normalized spacial score (nSPS) is 15.2. The molecule has 0 aliphatic carbocycles. The Labute approximate surface area is 215 Å². The first-order chi connectivity index (χ1) is 17.9. The Kier molecular flexibility index (Phi) is 7.26. The van der Waals surface area contributed by atoms with Gasteiger partial charge in [0, 0.05) is 49.0 Å². The molecular formula is C26H28FN7O2S. The maximum absolute atomic E-state index is 13.2. The van der Waals surface area contributed by atoms with Gasteiger partial charge in [-0.3, -0.25) is 4.90 Å². The van der Waals surface area contributed by atoms with Crippen molar-refractivity contribution >= 4 is 21.7 Å². The number of imidazole rings is 1. The van der Waals surface area contributed by atoms with Gasteiger partial charge in [-0.1, -0.05) is 0 Å². The van der Waals surface area contributed by atoms with E-state index in [1.54, 1.807) is 65.4 Å². The molecule has 2 aromatic heterocycles. The minimum absolute atomic E-state index is 0.251. The van der Waals surface area contributed by atoms with E-state index >= 15 is 0 Å². The van der Waals surface area contributed by atoms with Gasteiger partial charge in [-0.15, -0.1) is 0 Å². The van der Waals surface area contributed by atoms with Crippen LogP contribution < -0.4 is 5.32 Å². The van der Waals surface area contributed by atoms with E-state index in [-0.39, 0.29) is 10.7 Å². The Morgan fingerprint density at radius 1 is 1.03 bits per heavy atom. The molecule has 0 amide bonds. The number of piperidine rings is 1. The number of rotatable bonds is 8. The zero-order chi connectivity index (χ0) is 25.8. The highest BCUT2D eigenvalue weighted by Gasteiger charge is 2.31. The highest BCUT2D eigenvalue weighted by Crippen LogP contribution is 2.25. The van der Waals surface area contributed by atoms with Gasteiger partial charge >= 0.3 is 0 Å². The molecule has 3 heterocycles. The van der Waals surface area contributed by atoms with E-state index in [1.165, 1.54) is 12.1 Å². The molecule has 0 bridgehead atoms. The number of hydrogen-bond donors (Lipinski definition) is 2. The van der Waals surface area contributed by atoms with Crippen molar-refractivity contribution in [1.82, 2.24) is 29.1 Å². The fourth-order valence-electron chi connectivity index (χ4n) is 4.46. The van der Waals surface area contributed by atoms with Gasteiger partial charge in [0.25, 0.3) is 0 Å². The summed E-state index contributed by atoms with van der Waals surface area (Å²) in [5, 5.41) is 3.10. The lowest BCUT2D eigenvalue weighted by Crippen LogP contribution is -2.45. The summed E-state index contributed by atoms with van der Waals surface area (Å²) < 4.78 is 41.3. The molecule has 9 nitrogen and oxygen atoms in total. The molecule has 5 rings (SSSR count). The maximum atomic E-state index is 13.2. The van der Waals surface area contributed by atoms with Crippen LogP contribution in [0.15, 0.2) is 78.1 Å². The van der Waals surface area contributed by atoms with E-state index in [0.29, 0.717) is 43.0 Å². The van der Waals surface area contributed by atoms with Gasteiger partial charge in [0.15, 0.2) is 0 Å². The number of benzene rings is 2. The summed E-state index contributed by atoms with van der Waals surface area (Å²) in [6.45, 7) is 1.65. The lowest BCUT2D eigenvalue weighted by atomic mass is 10.1. The van der Waals surface area contributed by atoms with Gasteiger partial charge in [0.1, 0.15) is 11.6 Å². The van der Waals surface area contributed by atoms with E-state index in [2.05, 4.69) is 30.2 Å². The monoisotopic (exact) mass is 521 g/mol. The topological polar surface area (TPSA) is 107 Å². The predicted octanol–water partition coefficient (Wildman–Crippen LogP) is 4.03. The molecule has 4 aromatic rings. The van der Waals surface area contributed by atoms with E-state index in [9.17, 15) is 12.8 Å². The summed E-state index contributed by atoms with van der Waals surface area (Å²) in [4.78, 5) is 18.6. The van der Waals surface area contributed by atoms with Crippen LogP contribution in [0.2, 0.25) is 0 Å². The number of nitrogens with zero attached hydrogens (tertiary/aromatic N) is 5. The number of H-pyrrole nitrogens is 1. The lowest BCUT2D eigenvalue weighted by molar-refractivity contribution is 0.159. The van der Waals surface area contributed by atoms with Crippen molar-refractivity contribution in [3.8, 4) is 11.3 Å². The van der Waals surface area contributed by atoms with Crippen molar-refractivity contribution in [2.45, 2.75) is 30.3 Å². The van der Waals surface area contributed by atoms with Crippen molar-refractivity contribution in [2.24, 2.45) is 0 Å². The van der Waals surface area contributed by atoms with Gasteiger partial charge in [0.05, 0.1) is 17.1 Å². The Hall–Kier alpha value is -3.67. The average Bonchev–Trinajstić information content (AvgIpc) is 3.43. The third kappa shape index (κ3) is 5.85. The van der Waals surface area contributed by atoms with Crippen molar-refractivity contribution in [2.75, 3.05) is 25.5 Å². The van der Waals surface area contributed by atoms with Crippen LogP contribution in [0.25, 0.3) is 11.3 Å². The van der Waals surface area contributed by atoms with Crippen LogP contribution in [0, 0.1) is 5.82 Å². The molecule has 0 unspecified atom stereocenters. The summed E-state index contributed by atoms with van der Waals surface area (Å²) in [5.74, 6) is 0.949.